The normalized spacial score (nSPS) is 17.8. The lowest BCUT2D eigenvalue weighted by molar-refractivity contribution is -0.192. The Hall–Kier alpha value is -1.56. The Kier molecular flexibility index (Phi) is 3.80. The fraction of sp³-hybridized carbons (Fsp3) is 0.462. The third-order valence-electron chi connectivity index (χ3n) is 3.35. The van der Waals surface area contributed by atoms with Crippen molar-refractivity contribution in [3.63, 3.8) is 0 Å². The van der Waals surface area contributed by atoms with Crippen molar-refractivity contribution >= 4 is 5.97 Å². The highest BCUT2D eigenvalue weighted by molar-refractivity contribution is 5.67. The minimum atomic E-state index is -4.52. The molecule has 6 heteroatoms. The van der Waals surface area contributed by atoms with Gasteiger partial charge in [0, 0.05) is 13.1 Å². The van der Waals surface area contributed by atoms with E-state index in [1.807, 2.05) is 12.1 Å². The summed E-state index contributed by atoms with van der Waals surface area (Å²) in [6.45, 7) is 0.377. The molecule has 104 valence electrons. The average Bonchev–Trinajstić information content (AvgIpc) is 2.34. The van der Waals surface area contributed by atoms with Gasteiger partial charge in [0.1, 0.15) is 6.04 Å². The molecule has 19 heavy (non-hydrogen) atoms. The molecule has 0 bridgehead atoms. The van der Waals surface area contributed by atoms with Crippen LogP contribution >= 0.6 is 0 Å². The topological polar surface area (TPSA) is 40.5 Å². The largest absolute Gasteiger partial charge is 0.481 e. The molecule has 0 radical (unpaired) electrons. The first-order valence-corrected chi connectivity index (χ1v) is 5.97. The number of hydrogen-bond acceptors (Lipinski definition) is 2. The van der Waals surface area contributed by atoms with Gasteiger partial charge in [-0.05, 0) is 17.5 Å². The van der Waals surface area contributed by atoms with E-state index in [2.05, 4.69) is 0 Å². The van der Waals surface area contributed by atoms with Crippen LogP contribution < -0.4 is 0 Å². The van der Waals surface area contributed by atoms with Crippen molar-refractivity contribution in [1.29, 1.82) is 0 Å². The number of nitrogens with zero attached hydrogens (tertiary/aromatic N) is 1. The van der Waals surface area contributed by atoms with E-state index in [1.54, 1.807) is 12.1 Å². The molecule has 1 aliphatic heterocycles. The lowest BCUT2D eigenvalue weighted by atomic mass is 9.98. The molecular formula is C13H14F3NO2. The molecule has 1 aliphatic rings. The number of benzene rings is 1. The quantitative estimate of drug-likeness (QED) is 0.919. The Bertz CT molecular complexity index is 473. The van der Waals surface area contributed by atoms with E-state index >= 15 is 0 Å². The lowest BCUT2D eigenvalue weighted by Gasteiger charge is -2.35. The number of alkyl halides is 3. The summed E-state index contributed by atoms with van der Waals surface area (Å²) in [5.74, 6) is -1.43. The highest BCUT2D eigenvalue weighted by atomic mass is 19.4. The van der Waals surface area contributed by atoms with Crippen LogP contribution in [0.4, 0.5) is 13.2 Å². The number of aliphatic carboxylic acids is 1. The van der Waals surface area contributed by atoms with Crippen LogP contribution in [-0.2, 0) is 17.8 Å². The number of hydrogen-bond donors (Lipinski definition) is 1. The van der Waals surface area contributed by atoms with Gasteiger partial charge in [-0.3, -0.25) is 9.69 Å². The van der Waals surface area contributed by atoms with Crippen LogP contribution in [0.2, 0.25) is 0 Å². The molecule has 0 aliphatic carbocycles. The maximum atomic E-state index is 12.9. The van der Waals surface area contributed by atoms with E-state index in [0.29, 0.717) is 6.42 Å². The molecule has 2 rings (SSSR count). The summed E-state index contributed by atoms with van der Waals surface area (Å²) < 4.78 is 38.8. The summed E-state index contributed by atoms with van der Waals surface area (Å²) in [4.78, 5) is 11.8. The smallest absolute Gasteiger partial charge is 0.404 e. The predicted molar refractivity (Wildman–Crippen MR) is 62.7 cm³/mol. The first-order chi connectivity index (χ1) is 8.88. The van der Waals surface area contributed by atoms with Crippen molar-refractivity contribution in [3.8, 4) is 0 Å². The second kappa shape index (κ2) is 5.21. The maximum absolute atomic E-state index is 12.9. The summed E-state index contributed by atoms with van der Waals surface area (Å²) >= 11 is 0. The molecule has 0 fully saturated rings. The molecule has 1 aromatic carbocycles. The minimum absolute atomic E-state index is 0.146. The van der Waals surface area contributed by atoms with Gasteiger partial charge in [0.15, 0.2) is 0 Å². The molecule has 0 spiro atoms. The van der Waals surface area contributed by atoms with E-state index in [9.17, 15) is 18.0 Å². The van der Waals surface area contributed by atoms with Crippen molar-refractivity contribution in [2.45, 2.75) is 31.6 Å². The summed E-state index contributed by atoms with van der Waals surface area (Å²) in [7, 11) is 0. The lowest BCUT2D eigenvalue weighted by Crippen LogP contribution is -2.48. The Labute approximate surface area is 108 Å². The molecule has 0 amide bonds. The highest BCUT2D eigenvalue weighted by Crippen LogP contribution is 2.31. The molecule has 1 N–H and O–H groups in total. The van der Waals surface area contributed by atoms with Gasteiger partial charge in [0.2, 0.25) is 0 Å². The molecule has 1 atom stereocenters. The Morgan fingerprint density at radius 1 is 1.32 bits per heavy atom. The molecule has 0 saturated carbocycles. The SMILES string of the molecule is O=C(O)CC(N1CCc2ccccc2C1)C(F)(F)F. The Balaban J connectivity index is 2.19. The molecule has 0 saturated heterocycles. The van der Waals surface area contributed by atoms with Gasteiger partial charge in [-0.1, -0.05) is 24.3 Å². The highest BCUT2D eigenvalue weighted by Gasteiger charge is 2.45. The third-order valence-corrected chi connectivity index (χ3v) is 3.35. The van der Waals surface area contributed by atoms with E-state index in [4.69, 9.17) is 5.11 Å². The monoisotopic (exact) mass is 273 g/mol. The molecule has 1 aromatic rings. The zero-order valence-corrected chi connectivity index (χ0v) is 10.2. The van der Waals surface area contributed by atoms with Crippen LogP contribution in [0.1, 0.15) is 17.5 Å². The Morgan fingerprint density at radius 2 is 1.95 bits per heavy atom. The summed E-state index contributed by atoms with van der Waals surface area (Å²) in [5.41, 5.74) is 1.88. The molecule has 1 heterocycles. The summed E-state index contributed by atoms with van der Waals surface area (Å²) in [6.07, 6.45) is -4.92. The van der Waals surface area contributed by atoms with E-state index in [1.165, 1.54) is 4.90 Å². The number of carboxylic acids is 1. The van der Waals surface area contributed by atoms with Gasteiger partial charge < -0.3 is 5.11 Å². The molecule has 1 unspecified atom stereocenters. The van der Waals surface area contributed by atoms with Gasteiger partial charge in [-0.25, -0.2) is 0 Å². The third kappa shape index (κ3) is 3.26. The van der Waals surface area contributed by atoms with E-state index in [0.717, 1.165) is 11.1 Å². The van der Waals surface area contributed by atoms with Crippen molar-refractivity contribution in [2.75, 3.05) is 6.54 Å². The number of carboxylic acid groups (broad SMARTS) is 1. The van der Waals surface area contributed by atoms with Gasteiger partial charge in [-0.15, -0.1) is 0 Å². The number of carbonyl (C=O) groups is 1. The van der Waals surface area contributed by atoms with E-state index in [-0.39, 0.29) is 13.1 Å². The number of fused-ring (bicyclic) bond motifs is 1. The number of rotatable bonds is 3. The van der Waals surface area contributed by atoms with Gasteiger partial charge in [0.05, 0.1) is 6.42 Å². The van der Waals surface area contributed by atoms with Crippen molar-refractivity contribution in [3.05, 3.63) is 35.4 Å². The standard InChI is InChI=1S/C13H14F3NO2/c14-13(15,16)11(7-12(18)19)17-6-5-9-3-1-2-4-10(9)8-17/h1-4,11H,5-8H2,(H,18,19). The maximum Gasteiger partial charge on any atom is 0.404 e. The van der Waals surface area contributed by atoms with Crippen LogP contribution in [-0.4, -0.2) is 34.7 Å². The zero-order chi connectivity index (χ0) is 14.0. The predicted octanol–water partition coefficient (Wildman–Crippen LogP) is 2.45. The van der Waals surface area contributed by atoms with Crippen LogP contribution in [0.5, 0.6) is 0 Å². The van der Waals surface area contributed by atoms with Crippen molar-refractivity contribution < 1.29 is 23.1 Å². The van der Waals surface area contributed by atoms with Gasteiger partial charge in [-0.2, -0.15) is 13.2 Å². The first kappa shape index (κ1) is 13.9. The van der Waals surface area contributed by atoms with Crippen molar-refractivity contribution in [1.82, 2.24) is 4.90 Å². The summed E-state index contributed by atoms with van der Waals surface area (Å²) in [5, 5.41) is 8.65. The van der Waals surface area contributed by atoms with E-state index < -0.39 is 24.6 Å². The zero-order valence-electron chi connectivity index (χ0n) is 10.2. The molecular weight excluding hydrogens is 259 g/mol. The van der Waals surface area contributed by atoms with Gasteiger partial charge >= 0.3 is 12.1 Å². The van der Waals surface area contributed by atoms with Crippen LogP contribution in [0.25, 0.3) is 0 Å². The fourth-order valence-corrected chi connectivity index (χ4v) is 2.40. The van der Waals surface area contributed by atoms with Crippen LogP contribution in [0.15, 0.2) is 24.3 Å². The minimum Gasteiger partial charge on any atom is -0.481 e. The summed E-state index contributed by atoms with van der Waals surface area (Å²) in [6, 6.07) is 5.40. The average molecular weight is 273 g/mol. The van der Waals surface area contributed by atoms with Crippen LogP contribution in [0.3, 0.4) is 0 Å². The van der Waals surface area contributed by atoms with Crippen LogP contribution in [0, 0.1) is 0 Å². The second-order valence-electron chi connectivity index (χ2n) is 4.64. The molecule has 0 aromatic heterocycles. The number of halogens is 3. The van der Waals surface area contributed by atoms with Gasteiger partial charge in [0.25, 0.3) is 0 Å². The Morgan fingerprint density at radius 3 is 2.53 bits per heavy atom. The first-order valence-electron chi connectivity index (χ1n) is 5.97. The fourth-order valence-electron chi connectivity index (χ4n) is 2.40. The molecule has 3 nitrogen and oxygen atoms in total. The second-order valence-corrected chi connectivity index (χ2v) is 4.64. The van der Waals surface area contributed by atoms with Crippen molar-refractivity contribution in [2.24, 2.45) is 0 Å².